The number of hydrogen-bond acceptors (Lipinski definition) is 0. The zero-order chi connectivity index (χ0) is 25.5. The van der Waals surface area contributed by atoms with Crippen LogP contribution in [0.25, 0.3) is 0 Å². The van der Waals surface area contributed by atoms with Crippen LogP contribution in [0.4, 0.5) is 0 Å². The van der Waals surface area contributed by atoms with Crippen LogP contribution < -0.4 is 0 Å². The summed E-state index contributed by atoms with van der Waals surface area (Å²) < 4.78 is 0. The highest BCUT2D eigenvalue weighted by molar-refractivity contribution is 4.94. The van der Waals surface area contributed by atoms with Crippen LogP contribution in [-0.2, 0) is 0 Å². The van der Waals surface area contributed by atoms with Crippen molar-refractivity contribution in [1.29, 1.82) is 0 Å². The summed E-state index contributed by atoms with van der Waals surface area (Å²) in [7, 11) is 0. The van der Waals surface area contributed by atoms with E-state index in [2.05, 4.69) is 6.92 Å². The molecule has 7 aliphatic rings. The molecule has 0 spiro atoms. The molecule has 37 heavy (non-hydrogen) atoms. The van der Waals surface area contributed by atoms with Crippen molar-refractivity contribution in [2.24, 2.45) is 41.4 Å². The van der Waals surface area contributed by atoms with Crippen LogP contribution in [0.5, 0.6) is 0 Å². The standard InChI is InChI=1S/C13H24.C12H20.2C6H12/c1-11-7-9-13(10-8-11)12-5-3-2-4-6-12;1-3-9(4-1)11-7-8-12(11)10-5-2-6-10;2*1-2-4-6-5-3-1/h11-13H,2-10H2,1H3;9-12H,1-8H2;2*1-6H2. The summed E-state index contributed by atoms with van der Waals surface area (Å²) in [6.07, 6.45) is 44.4. The monoisotopic (exact) mass is 513 g/mol. The lowest BCUT2D eigenvalue weighted by Crippen LogP contribution is -2.41. The minimum Gasteiger partial charge on any atom is -0.0625 e. The highest BCUT2D eigenvalue weighted by atomic mass is 14.5. The van der Waals surface area contributed by atoms with Gasteiger partial charge in [-0.05, 0) is 67.1 Å². The SMILES string of the molecule is C1CC(C2CCC2C2CCC2)C1.C1CCCCC1.C1CCCCC1.CC1CCC(C2CCCCC2)CC1. The molecular formula is C37H68. The fraction of sp³-hybridized carbons (Fsp3) is 1.00. The largest absolute Gasteiger partial charge is 0.0625 e. The molecule has 216 valence electrons. The summed E-state index contributed by atoms with van der Waals surface area (Å²) in [5, 5.41) is 0. The van der Waals surface area contributed by atoms with E-state index in [1.54, 1.807) is 77.0 Å². The van der Waals surface area contributed by atoms with Crippen molar-refractivity contribution in [2.45, 2.75) is 193 Å². The molecule has 0 N–H and O–H groups in total. The summed E-state index contributed by atoms with van der Waals surface area (Å²) in [4.78, 5) is 0. The first-order valence-corrected chi connectivity index (χ1v) is 18.3. The Balaban J connectivity index is 0.000000122. The average Bonchev–Trinajstić information content (AvgIpc) is 2.91. The molecule has 0 saturated heterocycles. The molecular weight excluding hydrogens is 444 g/mol. The van der Waals surface area contributed by atoms with E-state index < -0.39 is 0 Å². The molecule has 0 heterocycles. The van der Waals surface area contributed by atoms with Crippen molar-refractivity contribution in [3.63, 3.8) is 0 Å². The summed E-state index contributed by atoms with van der Waals surface area (Å²) in [6.45, 7) is 2.43. The lowest BCUT2D eigenvalue weighted by Gasteiger charge is -2.51. The third kappa shape index (κ3) is 10.5. The van der Waals surface area contributed by atoms with Gasteiger partial charge in [0, 0.05) is 0 Å². The lowest BCUT2D eigenvalue weighted by molar-refractivity contribution is -0.00862. The zero-order valence-electron chi connectivity index (χ0n) is 25.5. The van der Waals surface area contributed by atoms with Gasteiger partial charge in [0.15, 0.2) is 0 Å². The van der Waals surface area contributed by atoms with Gasteiger partial charge in [-0.15, -0.1) is 0 Å². The minimum atomic E-state index is 1.03. The maximum atomic E-state index is 2.43. The fourth-order valence-corrected chi connectivity index (χ4v) is 8.94. The van der Waals surface area contributed by atoms with Gasteiger partial charge < -0.3 is 0 Å². The van der Waals surface area contributed by atoms with Gasteiger partial charge >= 0.3 is 0 Å². The quantitative estimate of drug-likeness (QED) is 0.352. The topological polar surface area (TPSA) is 0 Å². The summed E-state index contributed by atoms with van der Waals surface area (Å²) >= 11 is 0. The van der Waals surface area contributed by atoms with E-state index in [1.165, 1.54) is 133 Å². The Hall–Kier alpha value is 0. The molecule has 0 aliphatic heterocycles. The Bertz CT molecular complexity index is 479. The average molecular weight is 513 g/mol. The van der Waals surface area contributed by atoms with Gasteiger partial charge in [-0.25, -0.2) is 0 Å². The van der Waals surface area contributed by atoms with Crippen molar-refractivity contribution in [2.75, 3.05) is 0 Å². The maximum Gasteiger partial charge on any atom is -0.0355 e. The molecule has 2 unspecified atom stereocenters. The van der Waals surface area contributed by atoms with E-state index in [4.69, 9.17) is 0 Å². The van der Waals surface area contributed by atoms with Crippen LogP contribution in [-0.4, -0.2) is 0 Å². The first kappa shape index (κ1) is 30.0. The molecule has 7 saturated carbocycles. The highest BCUT2D eigenvalue weighted by Gasteiger charge is 2.44. The molecule has 7 aliphatic carbocycles. The van der Waals surface area contributed by atoms with Gasteiger partial charge in [0.2, 0.25) is 0 Å². The Labute approximate surface area is 234 Å². The van der Waals surface area contributed by atoms with E-state index in [1.807, 2.05) is 0 Å². The van der Waals surface area contributed by atoms with E-state index in [0.29, 0.717) is 0 Å². The summed E-state index contributed by atoms with van der Waals surface area (Å²) in [6, 6.07) is 0. The molecule has 7 fully saturated rings. The van der Waals surface area contributed by atoms with Gasteiger partial charge in [-0.2, -0.15) is 0 Å². The predicted molar refractivity (Wildman–Crippen MR) is 164 cm³/mol. The smallest absolute Gasteiger partial charge is 0.0355 e. The van der Waals surface area contributed by atoms with Crippen molar-refractivity contribution >= 4 is 0 Å². The molecule has 0 amide bonds. The molecule has 0 bridgehead atoms. The Morgan fingerprint density at radius 1 is 0.243 bits per heavy atom. The molecule has 0 aromatic heterocycles. The van der Waals surface area contributed by atoms with Crippen LogP contribution in [0.15, 0.2) is 0 Å². The second-order valence-corrected chi connectivity index (χ2v) is 14.9. The second kappa shape index (κ2) is 17.6. The van der Waals surface area contributed by atoms with E-state index >= 15 is 0 Å². The Morgan fingerprint density at radius 2 is 0.541 bits per heavy atom. The fourth-order valence-electron chi connectivity index (χ4n) is 8.94. The predicted octanol–water partition coefficient (Wildman–Crippen LogP) is 12.7. The molecule has 2 atom stereocenters. The molecule has 0 nitrogen and oxygen atoms in total. The normalized spacial score (nSPS) is 34.9. The van der Waals surface area contributed by atoms with E-state index in [0.717, 1.165) is 17.8 Å². The summed E-state index contributed by atoms with van der Waals surface area (Å²) in [5.74, 6) is 8.04. The molecule has 0 aromatic carbocycles. The van der Waals surface area contributed by atoms with E-state index in [-0.39, 0.29) is 0 Å². The van der Waals surface area contributed by atoms with Gasteiger partial charge in [-0.1, -0.05) is 167 Å². The molecule has 0 radical (unpaired) electrons. The minimum absolute atomic E-state index is 1.03. The van der Waals surface area contributed by atoms with Crippen LogP contribution in [0, 0.1) is 41.4 Å². The summed E-state index contributed by atoms with van der Waals surface area (Å²) in [5.41, 5.74) is 0. The van der Waals surface area contributed by atoms with Crippen LogP contribution in [0.2, 0.25) is 0 Å². The van der Waals surface area contributed by atoms with Crippen molar-refractivity contribution in [1.82, 2.24) is 0 Å². The highest BCUT2D eigenvalue weighted by Crippen LogP contribution is 2.54. The number of hydrogen-bond donors (Lipinski definition) is 0. The van der Waals surface area contributed by atoms with Crippen LogP contribution in [0.1, 0.15) is 193 Å². The zero-order valence-corrected chi connectivity index (χ0v) is 25.5. The molecule has 0 heteroatoms. The van der Waals surface area contributed by atoms with Crippen molar-refractivity contribution in [3.05, 3.63) is 0 Å². The first-order valence-electron chi connectivity index (χ1n) is 18.3. The van der Waals surface area contributed by atoms with Gasteiger partial charge in [0.05, 0.1) is 0 Å². The Kier molecular flexibility index (Phi) is 14.3. The van der Waals surface area contributed by atoms with Crippen LogP contribution in [0.3, 0.4) is 0 Å². The molecule has 7 rings (SSSR count). The van der Waals surface area contributed by atoms with Crippen molar-refractivity contribution < 1.29 is 0 Å². The third-order valence-electron chi connectivity index (χ3n) is 12.3. The second-order valence-electron chi connectivity index (χ2n) is 14.9. The van der Waals surface area contributed by atoms with Crippen LogP contribution >= 0.6 is 0 Å². The van der Waals surface area contributed by atoms with E-state index in [9.17, 15) is 0 Å². The van der Waals surface area contributed by atoms with Gasteiger partial charge in [0.25, 0.3) is 0 Å². The number of rotatable bonds is 3. The third-order valence-corrected chi connectivity index (χ3v) is 12.3. The maximum absolute atomic E-state index is 2.43. The first-order chi connectivity index (χ1) is 18.3. The molecule has 0 aromatic rings. The lowest BCUT2D eigenvalue weighted by atomic mass is 9.54. The van der Waals surface area contributed by atoms with Gasteiger partial charge in [-0.3, -0.25) is 0 Å². The Morgan fingerprint density at radius 3 is 0.838 bits per heavy atom. The van der Waals surface area contributed by atoms with Gasteiger partial charge in [0.1, 0.15) is 0 Å². The van der Waals surface area contributed by atoms with Crippen molar-refractivity contribution in [3.8, 4) is 0 Å².